The topological polar surface area (TPSA) is 57.6 Å². The molecule has 180 valence electrons. The summed E-state index contributed by atoms with van der Waals surface area (Å²) < 4.78 is 0. The Morgan fingerprint density at radius 2 is 1.60 bits per heavy atom. The number of nitrogens with zero attached hydrogens (tertiary/aromatic N) is 1. The maximum absolute atomic E-state index is 13.7. The van der Waals surface area contributed by atoms with Crippen LogP contribution in [0, 0.1) is 5.41 Å². The number of hydrogen-bond donors (Lipinski definition) is 1. The molecule has 4 heteroatoms. The molecule has 35 heavy (non-hydrogen) atoms. The Labute approximate surface area is 207 Å². The lowest BCUT2D eigenvalue weighted by molar-refractivity contribution is -0.0266. The highest BCUT2D eigenvalue weighted by atomic mass is 16.3. The standard InChI is InChI=1S/C31H33NO3/c1-30(2)28-20-24-25(10-7-11-27(24)34)31(30,3)18-19-32(28)29(35)23-15-13-22(14-16-23)26(33)17-12-21-8-5-4-6-9-21/h4-11,13-16,28,34H,12,17-20H2,1-3H3/t28-,31+/m1/s1. The average Bonchev–Trinajstić information content (AvgIpc) is 2.85. The van der Waals surface area contributed by atoms with E-state index >= 15 is 0 Å². The van der Waals surface area contributed by atoms with Crippen LogP contribution in [-0.2, 0) is 18.3 Å². The van der Waals surface area contributed by atoms with Crippen LogP contribution in [0.15, 0.2) is 72.8 Å². The molecule has 1 aliphatic heterocycles. The van der Waals surface area contributed by atoms with Crippen LogP contribution in [0.2, 0.25) is 0 Å². The fraction of sp³-hybridized carbons (Fsp3) is 0.355. The first-order valence-corrected chi connectivity index (χ1v) is 12.5. The minimum absolute atomic E-state index is 0.00715. The van der Waals surface area contributed by atoms with Crippen LogP contribution < -0.4 is 0 Å². The maximum atomic E-state index is 13.7. The van der Waals surface area contributed by atoms with Crippen molar-refractivity contribution in [1.29, 1.82) is 0 Å². The molecule has 2 atom stereocenters. The van der Waals surface area contributed by atoms with Crippen molar-refractivity contribution < 1.29 is 14.7 Å². The van der Waals surface area contributed by atoms with E-state index in [1.54, 1.807) is 30.3 Å². The van der Waals surface area contributed by atoms with Gasteiger partial charge in [-0.25, -0.2) is 0 Å². The molecule has 1 aliphatic carbocycles. The number of phenols is 1. The van der Waals surface area contributed by atoms with Crippen molar-refractivity contribution in [3.05, 3.63) is 101 Å². The third-order valence-electron chi connectivity index (χ3n) is 8.83. The number of piperidine rings is 1. The summed E-state index contributed by atoms with van der Waals surface area (Å²) in [6, 6.07) is 22.9. The van der Waals surface area contributed by atoms with Crippen molar-refractivity contribution in [3.63, 3.8) is 0 Å². The second kappa shape index (κ2) is 8.67. The zero-order valence-electron chi connectivity index (χ0n) is 20.8. The SMILES string of the molecule is CC1(C)[C@H]2Cc3c(O)cccc3[C@]1(C)CCN2C(=O)c1ccc(C(=O)CCc2ccccc2)cc1. The van der Waals surface area contributed by atoms with Gasteiger partial charge in [0.15, 0.2) is 5.78 Å². The number of aryl methyl sites for hydroxylation is 1. The van der Waals surface area contributed by atoms with Crippen LogP contribution in [0.1, 0.15) is 71.0 Å². The molecular weight excluding hydrogens is 434 g/mol. The van der Waals surface area contributed by atoms with E-state index in [0.717, 1.165) is 17.5 Å². The van der Waals surface area contributed by atoms with Crippen LogP contribution in [0.5, 0.6) is 5.75 Å². The molecule has 4 nitrogen and oxygen atoms in total. The van der Waals surface area contributed by atoms with Crippen molar-refractivity contribution in [2.24, 2.45) is 5.41 Å². The molecule has 1 N–H and O–H groups in total. The number of ketones is 1. The van der Waals surface area contributed by atoms with E-state index in [4.69, 9.17) is 0 Å². The summed E-state index contributed by atoms with van der Waals surface area (Å²) in [5, 5.41) is 10.6. The second-order valence-electron chi connectivity index (χ2n) is 10.8. The molecule has 1 fully saturated rings. The molecule has 3 aromatic rings. The molecule has 1 saturated heterocycles. The Hall–Kier alpha value is -3.40. The average molecular weight is 468 g/mol. The Balaban J connectivity index is 1.35. The van der Waals surface area contributed by atoms with Crippen molar-refractivity contribution in [3.8, 4) is 5.75 Å². The number of Topliss-reactive ketones (excluding diaryl/α,β-unsaturated/α-hetero) is 1. The second-order valence-corrected chi connectivity index (χ2v) is 10.8. The van der Waals surface area contributed by atoms with Gasteiger partial charge in [0, 0.05) is 35.5 Å². The molecule has 2 aliphatic rings. The van der Waals surface area contributed by atoms with Crippen molar-refractivity contribution in [1.82, 2.24) is 4.90 Å². The van der Waals surface area contributed by atoms with Crippen LogP contribution in [-0.4, -0.2) is 34.3 Å². The zero-order valence-corrected chi connectivity index (χ0v) is 20.8. The smallest absolute Gasteiger partial charge is 0.254 e. The van der Waals surface area contributed by atoms with E-state index in [1.807, 2.05) is 41.3 Å². The first kappa shape index (κ1) is 23.3. The lowest BCUT2D eigenvalue weighted by atomic mass is 9.51. The molecule has 5 rings (SSSR count). The third kappa shape index (κ3) is 3.85. The summed E-state index contributed by atoms with van der Waals surface area (Å²) in [4.78, 5) is 28.3. The number of amides is 1. The molecule has 1 amide bonds. The highest BCUT2D eigenvalue weighted by Crippen LogP contribution is 2.57. The number of likely N-dealkylation sites (tertiary alicyclic amines) is 1. The van der Waals surface area contributed by atoms with E-state index in [2.05, 4.69) is 26.8 Å². The molecule has 0 spiro atoms. The minimum Gasteiger partial charge on any atom is -0.508 e. The van der Waals surface area contributed by atoms with Gasteiger partial charge in [0.1, 0.15) is 5.75 Å². The molecule has 0 saturated carbocycles. The largest absolute Gasteiger partial charge is 0.508 e. The van der Waals surface area contributed by atoms with Gasteiger partial charge in [-0.1, -0.05) is 75.4 Å². The summed E-state index contributed by atoms with van der Waals surface area (Å²) in [5.74, 6) is 0.399. The Morgan fingerprint density at radius 1 is 0.914 bits per heavy atom. The van der Waals surface area contributed by atoms with Crippen LogP contribution in [0.3, 0.4) is 0 Å². The van der Waals surface area contributed by atoms with Gasteiger partial charge in [-0.15, -0.1) is 0 Å². The first-order valence-electron chi connectivity index (χ1n) is 12.5. The maximum Gasteiger partial charge on any atom is 0.254 e. The van der Waals surface area contributed by atoms with E-state index < -0.39 is 0 Å². The van der Waals surface area contributed by atoms with E-state index in [0.29, 0.717) is 42.7 Å². The quantitative estimate of drug-likeness (QED) is 0.471. The van der Waals surface area contributed by atoms with Gasteiger partial charge in [0.05, 0.1) is 0 Å². The number of phenolic OH excluding ortho intramolecular Hbond substituents is 1. The number of aromatic hydroxyl groups is 1. The monoisotopic (exact) mass is 467 g/mol. The number of hydrogen-bond acceptors (Lipinski definition) is 3. The summed E-state index contributed by atoms with van der Waals surface area (Å²) >= 11 is 0. The Bertz CT molecular complexity index is 1260. The Morgan fingerprint density at radius 3 is 2.31 bits per heavy atom. The summed E-state index contributed by atoms with van der Waals surface area (Å²) in [6.07, 6.45) is 2.64. The molecular formula is C31H33NO3. The fourth-order valence-corrected chi connectivity index (χ4v) is 6.18. The van der Waals surface area contributed by atoms with Crippen LogP contribution >= 0.6 is 0 Å². The van der Waals surface area contributed by atoms with E-state index in [9.17, 15) is 14.7 Å². The number of carbonyl (C=O) groups is 2. The van der Waals surface area contributed by atoms with Crippen LogP contribution in [0.4, 0.5) is 0 Å². The third-order valence-corrected chi connectivity index (χ3v) is 8.83. The van der Waals surface area contributed by atoms with Gasteiger partial charge in [0.2, 0.25) is 0 Å². The van der Waals surface area contributed by atoms with Gasteiger partial charge in [-0.05, 0) is 59.6 Å². The predicted molar refractivity (Wildman–Crippen MR) is 138 cm³/mol. The van der Waals surface area contributed by atoms with Gasteiger partial charge >= 0.3 is 0 Å². The number of fused-ring (bicyclic) bond motifs is 4. The van der Waals surface area contributed by atoms with Gasteiger partial charge in [-0.2, -0.15) is 0 Å². The van der Waals surface area contributed by atoms with Crippen molar-refractivity contribution >= 4 is 11.7 Å². The summed E-state index contributed by atoms with van der Waals surface area (Å²) in [5.41, 5.74) is 4.31. The summed E-state index contributed by atoms with van der Waals surface area (Å²) in [6.45, 7) is 7.45. The van der Waals surface area contributed by atoms with Gasteiger partial charge in [0.25, 0.3) is 5.91 Å². The molecule has 1 heterocycles. The lowest BCUT2D eigenvalue weighted by Gasteiger charge is -2.60. The Kier molecular flexibility index (Phi) is 5.79. The predicted octanol–water partition coefficient (Wildman–Crippen LogP) is 5.96. The highest BCUT2D eigenvalue weighted by Gasteiger charge is 2.57. The normalized spacial score (nSPS) is 22.4. The van der Waals surface area contributed by atoms with Gasteiger partial charge in [-0.3, -0.25) is 9.59 Å². The molecule has 2 bridgehead atoms. The minimum atomic E-state index is -0.144. The summed E-state index contributed by atoms with van der Waals surface area (Å²) in [7, 11) is 0. The molecule has 0 aromatic heterocycles. The molecule has 0 radical (unpaired) electrons. The number of benzene rings is 3. The van der Waals surface area contributed by atoms with Gasteiger partial charge < -0.3 is 10.0 Å². The van der Waals surface area contributed by atoms with E-state index in [1.165, 1.54) is 5.56 Å². The molecule has 3 aromatic carbocycles. The van der Waals surface area contributed by atoms with Crippen LogP contribution in [0.25, 0.3) is 0 Å². The lowest BCUT2D eigenvalue weighted by Crippen LogP contribution is -2.64. The van der Waals surface area contributed by atoms with E-state index in [-0.39, 0.29) is 28.6 Å². The number of carbonyl (C=O) groups excluding carboxylic acids is 2. The molecule has 0 unspecified atom stereocenters. The zero-order chi connectivity index (χ0) is 24.8. The fourth-order valence-electron chi connectivity index (χ4n) is 6.18. The van der Waals surface area contributed by atoms with Crippen molar-refractivity contribution in [2.75, 3.05) is 6.54 Å². The first-order chi connectivity index (χ1) is 16.7. The van der Waals surface area contributed by atoms with Crippen molar-refractivity contribution in [2.45, 2.75) is 57.9 Å². The highest BCUT2D eigenvalue weighted by molar-refractivity contribution is 5.99. The number of rotatable bonds is 5.